The first kappa shape index (κ1) is 17.3. The van der Waals surface area contributed by atoms with E-state index in [0.717, 1.165) is 30.2 Å². The van der Waals surface area contributed by atoms with Crippen LogP contribution in [0.3, 0.4) is 0 Å². The van der Waals surface area contributed by atoms with E-state index in [9.17, 15) is 0 Å². The molecule has 0 saturated heterocycles. The SMILES string of the molecule is CC(C)CN(CCN(C)C)c1ccc(C(C)N)c(Cl)c1. The highest BCUT2D eigenvalue weighted by Crippen LogP contribution is 2.27. The molecule has 3 nitrogen and oxygen atoms in total. The molecule has 114 valence electrons. The standard InChI is InChI=1S/C16H28ClN3/c1-12(2)11-20(9-8-19(4)5)14-6-7-15(13(3)18)16(17)10-14/h6-7,10,12-13H,8-9,11,18H2,1-5H3. The van der Waals surface area contributed by atoms with Crippen LogP contribution in [0.15, 0.2) is 18.2 Å². The van der Waals surface area contributed by atoms with Crippen LogP contribution >= 0.6 is 11.6 Å². The van der Waals surface area contributed by atoms with Crippen molar-refractivity contribution in [3.05, 3.63) is 28.8 Å². The number of rotatable bonds is 7. The third-order valence-electron chi connectivity index (χ3n) is 3.24. The average molecular weight is 298 g/mol. The highest BCUT2D eigenvalue weighted by atomic mass is 35.5. The van der Waals surface area contributed by atoms with Gasteiger partial charge < -0.3 is 15.5 Å². The molecule has 0 heterocycles. The van der Waals surface area contributed by atoms with E-state index >= 15 is 0 Å². The van der Waals surface area contributed by atoms with Crippen LogP contribution in [0.2, 0.25) is 5.02 Å². The van der Waals surface area contributed by atoms with E-state index in [1.165, 1.54) is 5.69 Å². The van der Waals surface area contributed by atoms with Crippen LogP contribution in [-0.4, -0.2) is 38.6 Å². The molecule has 2 N–H and O–H groups in total. The van der Waals surface area contributed by atoms with Gasteiger partial charge in [-0.15, -0.1) is 0 Å². The molecule has 0 aliphatic rings. The summed E-state index contributed by atoms with van der Waals surface area (Å²) in [5.41, 5.74) is 8.10. The molecule has 1 aromatic carbocycles. The summed E-state index contributed by atoms with van der Waals surface area (Å²) in [7, 11) is 4.19. The summed E-state index contributed by atoms with van der Waals surface area (Å²) in [5.74, 6) is 0.615. The van der Waals surface area contributed by atoms with Gasteiger partial charge in [0.25, 0.3) is 0 Å². The maximum atomic E-state index is 6.35. The number of benzene rings is 1. The van der Waals surface area contributed by atoms with E-state index < -0.39 is 0 Å². The first-order valence-corrected chi connectivity index (χ1v) is 7.63. The van der Waals surface area contributed by atoms with Gasteiger partial charge in [-0.25, -0.2) is 0 Å². The molecule has 1 unspecified atom stereocenters. The first-order chi connectivity index (χ1) is 9.31. The lowest BCUT2D eigenvalue weighted by Gasteiger charge is -2.28. The number of anilines is 1. The molecule has 0 spiro atoms. The third kappa shape index (κ3) is 5.31. The average Bonchev–Trinajstić information content (AvgIpc) is 2.33. The Morgan fingerprint density at radius 3 is 2.25 bits per heavy atom. The van der Waals surface area contributed by atoms with Crippen LogP contribution < -0.4 is 10.6 Å². The fraction of sp³-hybridized carbons (Fsp3) is 0.625. The molecule has 1 atom stereocenters. The predicted molar refractivity (Wildman–Crippen MR) is 89.7 cm³/mol. The van der Waals surface area contributed by atoms with Crippen LogP contribution in [0.25, 0.3) is 0 Å². The molecule has 4 heteroatoms. The fourth-order valence-electron chi connectivity index (χ4n) is 2.17. The Hall–Kier alpha value is -0.770. The Labute approximate surface area is 128 Å². The van der Waals surface area contributed by atoms with Crippen molar-refractivity contribution >= 4 is 17.3 Å². The Balaban J connectivity index is 2.92. The molecule has 1 aromatic rings. The Morgan fingerprint density at radius 2 is 1.80 bits per heavy atom. The van der Waals surface area contributed by atoms with E-state index in [-0.39, 0.29) is 6.04 Å². The Morgan fingerprint density at radius 1 is 1.15 bits per heavy atom. The van der Waals surface area contributed by atoms with Crippen LogP contribution in [0.1, 0.15) is 32.4 Å². The molecule has 0 radical (unpaired) electrons. The van der Waals surface area contributed by atoms with Crippen LogP contribution in [-0.2, 0) is 0 Å². The van der Waals surface area contributed by atoms with E-state index in [1.54, 1.807) is 0 Å². The van der Waals surface area contributed by atoms with Crippen LogP contribution in [0.4, 0.5) is 5.69 Å². The van der Waals surface area contributed by atoms with Crippen molar-refractivity contribution in [1.82, 2.24) is 4.90 Å². The molecule has 0 aliphatic carbocycles. The number of halogens is 1. The number of nitrogens with zero attached hydrogens (tertiary/aromatic N) is 2. The van der Waals surface area contributed by atoms with Crippen molar-refractivity contribution in [2.75, 3.05) is 38.6 Å². The molecule has 0 aliphatic heterocycles. The van der Waals surface area contributed by atoms with Gasteiger partial charge in [-0.2, -0.15) is 0 Å². The molecule has 0 fully saturated rings. The number of hydrogen-bond donors (Lipinski definition) is 1. The predicted octanol–water partition coefficient (Wildman–Crippen LogP) is 3.38. The van der Waals surface area contributed by atoms with Crippen molar-refractivity contribution in [3.63, 3.8) is 0 Å². The largest absolute Gasteiger partial charge is 0.370 e. The summed E-state index contributed by atoms with van der Waals surface area (Å²) in [6.45, 7) is 9.49. The minimum atomic E-state index is -0.0307. The van der Waals surface area contributed by atoms with Gasteiger partial charge in [0.15, 0.2) is 0 Å². The molecular formula is C16H28ClN3. The monoisotopic (exact) mass is 297 g/mol. The van der Waals surface area contributed by atoms with E-state index in [2.05, 4.69) is 43.8 Å². The summed E-state index contributed by atoms with van der Waals surface area (Å²) >= 11 is 6.35. The number of nitrogens with two attached hydrogens (primary N) is 1. The Kier molecular flexibility index (Phi) is 6.80. The maximum Gasteiger partial charge on any atom is 0.0474 e. The molecule has 0 amide bonds. The van der Waals surface area contributed by atoms with Crippen molar-refractivity contribution < 1.29 is 0 Å². The van der Waals surface area contributed by atoms with Crippen LogP contribution in [0, 0.1) is 5.92 Å². The quantitative estimate of drug-likeness (QED) is 0.837. The van der Waals surface area contributed by atoms with E-state index in [1.807, 2.05) is 19.1 Å². The van der Waals surface area contributed by atoms with Gasteiger partial charge in [0.2, 0.25) is 0 Å². The lowest BCUT2D eigenvalue weighted by Crippen LogP contribution is -2.34. The molecule has 0 saturated carbocycles. The van der Waals surface area contributed by atoms with Crippen molar-refractivity contribution in [2.45, 2.75) is 26.8 Å². The highest BCUT2D eigenvalue weighted by Gasteiger charge is 2.12. The minimum absolute atomic E-state index is 0.0307. The minimum Gasteiger partial charge on any atom is -0.370 e. The molecule has 0 bridgehead atoms. The second-order valence-electron chi connectivity index (χ2n) is 6.14. The van der Waals surface area contributed by atoms with E-state index in [0.29, 0.717) is 5.92 Å². The first-order valence-electron chi connectivity index (χ1n) is 7.26. The van der Waals surface area contributed by atoms with Gasteiger partial charge in [-0.3, -0.25) is 0 Å². The van der Waals surface area contributed by atoms with Gasteiger partial charge in [-0.05, 0) is 44.6 Å². The number of likely N-dealkylation sites (N-methyl/N-ethyl adjacent to an activating group) is 1. The maximum absolute atomic E-state index is 6.35. The molecule has 1 rings (SSSR count). The lowest BCUT2D eigenvalue weighted by atomic mass is 10.1. The van der Waals surface area contributed by atoms with Gasteiger partial charge >= 0.3 is 0 Å². The lowest BCUT2D eigenvalue weighted by molar-refractivity contribution is 0.409. The zero-order chi connectivity index (χ0) is 15.3. The number of hydrogen-bond acceptors (Lipinski definition) is 3. The Bertz CT molecular complexity index is 416. The molecular weight excluding hydrogens is 270 g/mol. The van der Waals surface area contributed by atoms with Crippen molar-refractivity contribution in [3.8, 4) is 0 Å². The topological polar surface area (TPSA) is 32.5 Å². The second-order valence-corrected chi connectivity index (χ2v) is 6.54. The fourth-order valence-corrected chi connectivity index (χ4v) is 2.52. The molecule has 0 aromatic heterocycles. The van der Waals surface area contributed by atoms with E-state index in [4.69, 9.17) is 17.3 Å². The van der Waals surface area contributed by atoms with Gasteiger partial charge in [0.1, 0.15) is 0 Å². The van der Waals surface area contributed by atoms with Gasteiger partial charge in [0.05, 0.1) is 0 Å². The molecule has 20 heavy (non-hydrogen) atoms. The zero-order valence-corrected chi connectivity index (χ0v) is 14.1. The summed E-state index contributed by atoms with van der Waals surface area (Å²) < 4.78 is 0. The smallest absolute Gasteiger partial charge is 0.0474 e. The van der Waals surface area contributed by atoms with Gasteiger partial charge in [0, 0.05) is 36.4 Å². The summed E-state index contributed by atoms with van der Waals surface area (Å²) in [4.78, 5) is 4.59. The summed E-state index contributed by atoms with van der Waals surface area (Å²) in [6.07, 6.45) is 0. The van der Waals surface area contributed by atoms with Crippen molar-refractivity contribution in [1.29, 1.82) is 0 Å². The summed E-state index contributed by atoms with van der Waals surface area (Å²) in [6, 6.07) is 6.18. The summed E-state index contributed by atoms with van der Waals surface area (Å²) in [5, 5.41) is 0.760. The zero-order valence-electron chi connectivity index (χ0n) is 13.4. The van der Waals surface area contributed by atoms with Crippen LogP contribution in [0.5, 0.6) is 0 Å². The van der Waals surface area contributed by atoms with Crippen molar-refractivity contribution in [2.24, 2.45) is 11.7 Å². The highest BCUT2D eigenvalue weighted by molar-refractivity contribution is 6.31. The normalized spacial score (nSPS) is 13.1. The third-order valence-corrected chi connectivity index (χ3v) is 3.57. The van der Waals surface area contributed by atoms with Gasteiger partial charge in [-0.1, -0.05) is 31.5 Å². The second kappa shape index (κ2) is 7.87.